The van der Waals surface area contributed by atoms with E-state index in [1.54, 1.807) is 6.07 Å². The summed E-state index contributed by atoms with van der Waals surface area (Å²) in [5, 5.41) is 0.248. The van der Waals surface area contributed by atoms with Crippen LogP contribution < -0.4 is 5.73 Å². The highest BCUT2D eigenvalue weighted by Gasteiger charge is 2.38. The smallest absolute Gasteiger partial charge is 0.316 e. The van der Waals surface area contributed by atoms with E-state index in [4.69, 9.17) is 17.3 Å². The molecule has 0 saturated heterocycles. The van der Waals surface area contributed by atoms with Crippen molar-refractivity contribution in [3.63, 3.8) is 0 Å². The Kier molecular flexibility index (Phi) is 2.81. The lowest BCUT2D eigenvalue weighted by Gasteiger charge is -2.12. The molecule has 0 saturated carbocycles. The molecule has 1 unspecified atom stereocenters. The van der Waals surface area contributed by atoms with Crippen molar-refractivity contribution in [2.24, 2.45) is 5.73 Å². The van der Waals surface area contributed by atoms with Gasteiger partial charge in [0.1, 0.15) is 11.2 Å². The second-order valence-electron chi connectivity index (χ2n) is 3.19. The van der Waals surface area contributed by atoms with E-state index in [0.717, 1.165) is 11.3 Å². The number of hydrogen-bond donors (Lipinski definition) is 1. The van der Waals surface area contributed by atoms with Gasteiger partial charge in [-0.15, -0.1) is 11.3 Å². The zero-order valence-corrected chi connectivity index (χ0v) is 9.33. The van der Waals surface area contributed by atoms with Crippen molar-refractivity contribution in [2.75, 3.05) is 0 Å². The SMILES string of the molecule is NC(c1cc2nc(Cl)ccc2s1)C(F)(F)F. The molecule has 2 heterocycles. The highest BCUT2D eigenvalue weighted by Crippen LogP contribution is 2.36. The van der Waals surface area contributed by atoms with Crippen LogP contribution in [-0.2, 0) is 0 Å². The van der Waals surface area contributed by atoms with E-state index in [1.165, 1.54) is 12.1 Å². The number of fused-ring (bicyclic) bond motifs is 1. The second-order valence-corrected chi connectivity index (χ2v) is 4.69. The Morgan fingerprint density at radius 1 is 1.38 bits per heavy atom. The summed E-state index contributed by atoms with van der Waals surface area (Å²) in [7, 11) is 0. The molecule has 0 radical (unpaired) electrons. The third kappa shape index (κ3) is 2.14. The quantitative estimate of drug-likeness (QED) is 0.802. The number of nitrogens with zero attached hydrogens (tertiary/aromatic N) is 1. The summed E-state index contributed by atoms with van der Waals surface area (Å²) in [5.41, 5.74) is 5.54. The van der Waals surface area contributed by atoms with Gasteiger partial charge in [0.15, 0.2) is 0 Å². The predicted octanol–water partition coefficient (Wildman–Crippen LogP) is 3.51. The topological polar surface area (TPSA) is 38.9 Å². The molecule has 0 bridgehead atoms. The van der Waals surface area contributed by atoms with E-state index in [-0.39, 0.29) is 10.0 Å². The minimum Gasteiger partial charge on any atom is -0.316 e. The van der Waals surface area contributed by atoms with Gasteiger partial charge in [0.05, 0.1) is 10.2 Å². The molecule has 1 atom stereocenters. The molecule has 86 valence electrons. The van der Waals surface area contributed by atoms with E-state index >= 15 is 0 Å². The van der Waals surface area contributed by atoms with Gasteiger partial charge in [-0.3, -0.25) is 0 Å². The van der Waals surface area contributed by atoms with E-state index in [0.29, 0.717) is 10.2 Å². The highest BCUT2D eigenvalue weighted by molar-refractivity contribution is 7.19. The first-order valence-electron chi connectivity index (χ1n) is 4.26. The molecule has 2 N–H and O–H groups in total. The Labute approximate surface area is 97.8 Å². The molecule has 0 fully saturated rings. The second kappa shape index (κ2) is 3.87. The Balaban J connectivity index is 2.47. The van der Waals surface area contributed by atoms with Crippen LogP contribution in [0.15, 0.2) is 18.2 Å². The summed E-state index contributed by atoms with van der Waals surface area (Å²) >= 11 is 6.61. The standard InChI is InChI=1S/C9H6ClF3N2S/c10-7-2-1-5-4(15-7)3-6(16-5)8(14)9(11,12)13/h1-3,8H,14H2. The van der Waals surface area contributed by atoms with Crippen molar-refractivity contribution < 1.29 is 13.2 Å². The molecule has 0 aliphatic carbocycles. The van der Waals surface area contributed by atoms with Gasteiger partial charge in [-0.1, -0.05) is 11.6 Å². The summed E-state index contributed by atoms with van der Waals surface area (Å²) < 4.78 is 37.8. The lowest BCUT2D eigenvalue weighted by Crippen LogP contribution is -2.27. The molecule has 2 nitrogen and oxygen atoms in total. The minimum atomic E-state index is -4.44. The van der Waals surface area contributed by atoms with Crippen molar-refractivity contribution in [2.45, 2.75) is 12.2 Å². The first-order chi connectivity index (χ1) is 7.38. The largest absolute Gasteiger partial charge is 0.408 e. The first kappa shape index (κ1) is 11.6. The number of aromatic nitrogens is 1. The van der Waals surface area contributed by atoms with Crippen LogP contribution in [0.1, 0.15) is 10.9 Å². The van der Waals surface area contributed by atoms with Gasteiger partial charge < -0.3 is 5.73 Å². The number of thiophene rings is 1. The lowest BCUT2D eigenvalue weighted by molar-refractivity contribution is -0.148. The van der Waals surface area contributed by atoms with Crippen molar-refractivity contribution in [1.82, 2.24) is 4.98 Å². The third-order valence-corrected chi connectivity index (χ3v) is 3.40. The normalized spacial score (nSPS) is 14.3. The van der Waals surface area contributed by atoms with Crippen LogP contribution in [0, 0.1) is 0 Å². The molecule has 16 heavy (non-hydrogen) atoms. The van der Waals surface area contributed by atoms with Gasteiger partial charge >= 0.3 is 6.18 Å². The number of alkyl halides is 3. The number of halogens is 4. The lowest BCUT2D eigenvalue weighted by atomic mass is 10.2. The molecule has 0 aromatic carbocycles. The van der Waals surface area contributed by atoms with Crippen LogP contribution >= 0.6 is 22.9 Å². The van der Waals surface area contributed by atoms with Crippen LogP contribution in [0.2, 0.25) is 5.15 Å². The minimum absolute atomic E-state index is 0.0391. The van der Waals surface area contributed by atoms with Gasteiger partial charge in [0, 0.05) is 4.88 Å². The fourth-order valence-electron chi connectivity index (χ4n) is 1.23. The van der Waals surface area contributed by atoms with Crippen molar-refractivity contribution in [3.05, 3.63) is 28.2 Å². The fraction of sp³-hybridized carbons (Fsp3) is 0.222. The van der Waals surface area contributed by atoms with Crippen LogP contribution in [0.25, 0.3) is 10.2 Å². The number of pyridine rings is 1. The van der Waals surface area contributed by atoms with Gasteiger partial charge in [-0.25, -0.2) is 4.98 Å². The summed E-state index contributed by atoms with van der Waals surface area (Å²) in [4.78, 5) is 3.95. The zero-order valence-electron chi connectivity index (χ0n) is 7.75. The molecule has 0 aliphatic heterocycles. The number of rotatable bonds is 1. The summed E-state index contributed by atoms with van der Waals surface area (Å²) in [5.74, 6) is 0. The van der Waals surface area contributed by atoms with Crippen LogP contribution in [-0.4, -0.2) is 11.2 Å². The summed E-state index contributed by atoms with van der Waals surface area (Å²) in [6, 6.07) is 2.51. The van der Waals surface area contributed by atoms with E-state index in [2.05, 4.69) is 4.98 Å². The van der Waals surface area contributed by atoms with Crippen LogP contribution in [0.3, 0.4) is 0 Å². The Bertz CT molecular complexity index is 523. The molecule has 2 rings (SSSR count). The molecule has 0 aliphatic rings. The van der Waals surface area contributed by atoms with Gasteiger partial charge in [-0.2, -0.15) is 13.2 Å². The monoisotopic (exact) mass is 266 g/mol. The Hall–Kier alpha value is -0.850. The maximum absolute atomic E-state index is 12.4. The van der Waals surface area contributed by atoms with Gasteiger partial charge in [0.2, 0.25) is 0 Å². The first-order valence-corrected chi connectivity index (χ1v) is 5.45. The van der Waals surface area contributed by atoms with Gasteiger partial charge in [0.25, 0.3) is 0 Å². The van der Waals surface area contributed by atoms with Gasteiger partial charge in [-0.05, 0) is 18.2 Å². The predicted molar refractivity (Wildman–Crippen MR) is 57.6 cm³/mol. The molecule has 0 amide bonds. The summed E-state index contributed by atoms with van der Waals surface area (Å²) in [6.07, 6.45) is -4.44. The highest BCUT2D eigenvalue weighted by atomic mass is 35.5. The fourth-order valence-corrected chi connectivity index (χ4v) is 2.42. The van der Waals surface area contributed by atoms with E-state index < -0.39 is 12.2 Å². The third-order valence-electron chi connectivity index (χ3n) is 2.02. The molecular formula is C9H6ClF3N2S. The van der Waals surface area contributed by atoms with Crippen molar-refractivity contribution in [3.8, 4) is 0 Å². The van der Waals surface area contributed by atoms with E-state index in [1.807, 2.05) is 0 Å². The molecule has 2 aromatic heterocycles. The van der Waals surface area contributed by atoms with E-state index in [9.17, 15) is 13.2 Å². The molecular weight excluding hydrogens is 261 g/mol. The zero-order chi connectivity index (χ0) is 11.9. The van der Waals surface area contributed by atoms with Crippen LogP contribution in [0.5, 0.6) is 0 Å². The summed E-state index contributed by atoms with van der Waals surface area (Å²) in [6.45, 7) is 0. The maximum atomic E-state index is 12.4. The average molecular weight is 267 g/mol. The molecule has 2 aromatic rings. The number of nitrogens with two attached hydrogens (primary N) is 1. The Morgan fingerprint density at radius 3 is 2.69 bits per heavy atom. The molecule has 7 heteroatoms. The molecule has 0 spiro atoms. The van der Waals surface area contributed by atoms with Crippen LogP contribution in [0.4, 0.5) is 13.2 Å². The Morgan fingerprint density at radius 2 is 2.06 bits per heavy atom. The average Bonchev–Trinajstić information content (AvgIpc) is 2.57. The maximum Gasteiger partial charge on any atom is 0.408 e. The number of hydrogen-bond acceptors (Lipinski definition) is 3. The van der Waals surface area contributed by atoms with Crippen molar-refractivity contribution in [1.29, 1.82) is 0 Å². The van der Waals surface area contributed by atoms with Crippen molar-refractivity contribution >= 4 is 33.2 Å².